The highest BCUT2D eigenvalue weighted by atomic mass is 32.2. The smallest absolute Gasteiger partial charge is 0.225 e. The molecule has 0 aromatic heterocycles. The number of hydrogen-bond donors (Lipinski definition) is 1. The van der Waals surface area contributed by atoms with Crippen molar-refractivity contribution in [1.82, 2.24) is 0 Å². The van der Waals surface area contributed by atoms with Gasteiger partial charge in [-0.3, -0.25) is 14.4 Å². The van der Waals surface area contributed by atoms with Crippen LogP contribution in [-0.4, -0.2) is 38.3 Å². The van der Waals surface area contributed by atoms with E-state index >= 15 is 0 Å². The van der Waals surface area contributed by atoms with Crippen molar-refractivity contribution < 1.29 is 22.8 Å². The molecule has 7 nitrogen and oxygen atoms in total. The number of benzene rings is 2. The number of ketones is 1. The van der Waals surface area contributed by atoms with E-state index in [0.717, 1.165) is 11.3 Å². The van der Waals surface area contributed by atoms with Crippen LogP contribution < -0.4 is 10.2 Å². The van der Waals surface area contributed by atoms with Gasteiger partial charge in [0.15, 0.2) is 15.6 Å². The zero-order valence-corrected chi connectivity index (χ0v) is 17.1. The van der Waals surface area contributed by atoms with Gasteiger partial charge in [-0.2, -0.15) is 0 Å². The van der Waals surface area contributed by atoms with E-state index in [1.807, 2.05) is 0 Å². The second-order valence-electron chi connectivity index (χ2n) is 6.96. The van der Waals surface area contributed by atoms with Crippen molar-refractivity contribution in [2.75, 3.05) is 22.5 Å². The van der Waals surface area contributed by atoms with Crippen LogP contribution in [0.25, 0.3) is 0 Å². The Morgan fingerprint density at radius 2 is 1.72 bits per heavy atom. The van der Waals surface area contributed by atoms with Gasteiger partial charge in [0.2, 0.25) is 11.8 Å². The van der Waals surface area contributed by atoms with E-state index in [0.29, 0.717) is 24.2 Å². The molecular weight excluding hydrogens is 392 g/mol. The molecule has 0 unspecified atom stereocenters. The number of sulfone groups is 1. The molecule has 1 aliphatic rings. The first-order chi connectivity index (χ1) is 13.7. The van der Waals surface area contributed by atoms with Gasteiger partial charge in [-0.25, -0.2) is 8.42 Å². The van der Waals surface area contributed by atoms with E-state index < -0.39 is 15.7 Å². The zero-order chi connectivity index (χ0) is 21.2. The summed E-state index contributed by atoms with van der Waals surface area (Å²) in [5, 5.41) is 2.63. The second kappa shape index (κ2) is 8.16. The van der Waals surface area contributed by atoms with Crippen LogP contribution in [0.5, 0.6) is 0 Å². The molecule has 0 fully saturated rings. The van der Waals surface area contributed by atoms with E-state index in [2.05, 4.69) is 5.32 Å². The van der Waals surface area contributed by atoms with E-state index in [-0.39, 0.29) is 28.8 Å². The summed E-state index contributed by atoms with van der Waals surface area (Å²) in [6, 6.07) is 11.1. The van der Waals surface area contributed by atoms with Crippen molar-refractivity contribution in [3.05, 3.63) is 53.6 Å². The minimum Gasteiger partial charge on any atom is -0.326 e. The van der Waals surface area contributed by atoms with Crippen LogP contribution in [0.3, 0.4) is 0 Å². The summed E-state index contributed by atoms with van der Waals surface area (Å²) in [4.78, 5) is 36.8. The Bertz CT molecular complexity index is 1070. The third kappa shape index (κ3) is 4.71. The van der Waals surface area contributed by atoms with Gasteiger partial charge in [0.05, 0.1) is 10.6 Å². The molecule has 0 aliphatic carbocycles. The third-order valence-corrected chi connectivity index (χ3v) is 6.57. The first kappa shape index (κ1) is 20.7. The van der Waals surface area contributed by atoms with Crippen molar-refractivity contribution in [1.29, 1.82) is 0 Å². The number of carbonyl (C=O) groups is 3. The van der Waals surface area contributed by atoms with E-state index in [1.165, 1.54) is 19.9 Å². The lowest BCUT2D eigenvalue weighted by Crippen LogP contribution is -2.25. The number of fused-ring (bicyclic) bond motifs is 1. The number of amides is 2. The molecule has 29 heavy (non-hydrogen) atoms. The fraction of sp³-hybridized carbons (Fsp3) is 0.286. The SMILES string of the molecule is CC(=O)c1ccc(NC(=O)CCS(=O)(=O)c2ccc3c(c2)CCN3C(C)=O)cc1. The minimum atomic E-state index is -3.63. The molecular formula is C21H22N2O5S. The van der Waals surface area contributed by atoms with Gasteiger partial charge in [-0.05, 0) is 61.4 Å². The Morgan fingerprint density at radius 3 is 2.34 bits per heavy atom. The van der Waals surface area contributed by atoms with E-state index in [4.69, 9.17) is 0 Å². The molecule has 3 rings (SSSR count). The summed E-state index contributed by atoms with van der Waals surface area (Å²) in [6.07, 6.45) is 0.419. The fourth-order valence-electron chi connectivity index (χ4n) is 3.26. The van der Waals surface area contributed by atoms with Gasteiger partial charge >= 0.3 is 0 Å². The maximum atomic E-state index is 12.6. The van der Waals surface area contributed by atoms with Gasteiger partial charge in [-0.15, -0.1) is 0 Å². The number of carbonyl (C=O) groups excluding carboxylic acids is 3. The number of Topliss-reactive ketones (excluding diaryl/α,β-unsaturated/α-hetero) is 1. The van der Waals surface area contributed by atoms with Crippen molar-refractivity contribution in [3.63, 3.8) is 0 Å². The average Bonchev–Trinajstić information content (AvgIpc) is 3.10. The lowest BCUT2D eigenvalue weighted by molar-refractivity contribution is -0.117. The summed E-state index contributed by atoms with van der Waals surface area (Å²) in [7, 11) is -3.63. The highest BCUT2D eigenvalue weighted by molar-refractivity contribution is 7.91. The summed E-state index contributed by atoms with van der Waals surface area (Å²) in [6.45, 7) is 3.47. The minimum absolute atomic E-state index is 0.0743. The Kier molecular flexibility index (Phi) is 5.83. The number of anilines is 2. The van der Waals surface area contributed by atoms with Gasteiger partial charge in [0, 0.05) is 36.8 Å². The predicted molar refractivity (Wildman–Crippen MR) is 110 cm³/mol. The monoisotopic (exact) mass is 414 g/mol. The van der Waals surface area contributed by atoms with Crippen molar-refractivity contribution in [2.45, 2.75) is 31.6 Å². The van der Waals surface area contributed by atoms with Crippen LogP contribution in [0, 0.1) is 0 Å². The van der Waals surface area contributed by atoms with E-state index in [9.17, 15) is 22.8 Å². The highest BCUT2D eigenvalue weighted by Crippen LogP contribution is 2.30. The molecule has 8 heteroatoms. The summed E-state index contributed by atoms with van der Waals surface area (Å²) in [5.41, 5.74) is 2.59. The molecule has 1 N–H and O–H groups in total. The van der Waals surface area contributed by atoms with E-state index in [1.54, 1.807) is 41.3 Å². The molecule has 2 aromatic carbocycles. The molecule has 0 atom stereocenters. The fourth-order valence-corrected chi connectivity index (χ4v) is 4.54. The summed E-state index contributed by atoms with van der Waals surface area (Å²) >= 11 is 0. The Morgan fingerprint density at radius 1 is 1.03 bits per heavy atom. The quantitative estimate of drug-likeness (QED) is 0.733. The Hall–Kier alpha value is -3.00. The normalized spacial score (nSPS) is 13.1. The number of nitrogens with one attached hydrogen (secondary N) is 1. The zero-order valence-electron chi connectivity index (χ0n) is 16.3. The largest absolute Gasteiger partial charge is 0.326 e. The maximum absolute atomic E-state index is 12.6. The number of hydrogen-bond acceptors (Lipinski definition) is 5. The molecule has 2 amide bonds. The van der Waals surface area contributed by atoms with Gasteiger partial charge < -0.3 is 10.2 Å². The first-order valence-corrected chi connectivity index (χ1v) is 10.9. The van der Waals surface area contributed by atoms with Crippen LogP contribution in [0.2, 0.25) is 0 Å². The van der Waals surface area contributed by atoms with Crippen LogP contribution in [0.15, 0.2) is 47.4 Å². The lowest BCUT2D eigenvalue weighted by atomic mass is 10.1. The summed E-state index contributed by atoms with van der Waals surface area (Å²) in [5.74, 6) is -0.894. The second-order valence-corrected chi connectivity index (χ2v) is 9.07. The lowest BCUT2D eigenvalue weighted by Gasteiger charge is -2.15. The molecule has 0 spiro atoms. The standard InChI is InChI=1S/C21H22N2O5S/c1-14(24)16-3-5-18(6-4-16)22-21(26)10-12-29(27,28)19-7-8-20-17(13-19)9-11-23(20)15(2)25/h3-8,13H,9-12H2,1-2H3,(H,22,26). The molecule has 1 heterocycles. The Balaban J connectivity index is 1.63. The average molecular weight is 414 g/mol. The number of nitrogens with zero attached hydrogens (tertiary/aromatic N) is 1. The molecule has 0 saturated carbocycles. The first-order valence-electron chi connectivity index (χ1n) is 9.22. The van der Waals surface area contributed by atoms with Crippen LogP contribution >= 0.6 is 0 Å². The van der Waals surface area contributed by atoms with Gasteiger partial charge in [0.1, 0.15) is 0 Å². The highest BCUT2D eigenvalue weighted by Gasteiger charge is 2.25. The van der Waals surface area contributed by atoms with Crippen LogP contribution in [0.4, 0.5) is 11.4 Å². The molecule has 0 radical (unpaired) electrons. The molecule has 1 aliphatic heterocycles. The van der Waals surface area contributed by atoms with Crippen LogP contribution in [0.1, 0.15) is 36.2 Å². The van der Waals surface area contributed by atoms with Crippen molar-refractivity contribution >= 4 is 38.8 Å². The topological polar surface area (TPSA) is 101 Å². The summed E-state index contributed by atoms with van der Waals surface area (Å²) < 4.78 is 25.3. The molecule has 0 bridgehead atoms. The molecule has 152 valence electrons. The van der Waals surface area contributed by atoms with Gasteiger partial charge in [0.25, 0.3) is 0 Å². The Labute approximate surface area is 169 Å². The maximum Gasteiger partial charge on any atom is 0.225 e. The van der Waals surface area contributed by atoms with Crippen molar-refractivity contribution in [2.24, 2.45) is 0 Å². The molecule has 2 aromatic rings. The predicted octanol–water partition coefficient (Wildman–Crippen LogP) is 2.60. The van der Waals surface area contributed by atoms with Crippen LogP contribution in [-0.2, 0) is 25.8 Å². The number of rotatable bonds is 6. The van der Waals surface area contributed by atoms with Gasteiger partial charge in [-0.1, -0.05) is 0 Å². The molecule has 0 saturated heterocycles. The third-order valence-electron chi connectivity index (χ3n) is 4.86. The van der Waals surface area contributed by atoms with Crippen molar-refractivity contribution in [3.8, 4) is 0 Å².